The Kier molecular flexibility index (Phi) is 3.11. The molecule has 1 heterocycles. The Hall–Kier alpha value is -1.22. The zero-order valence-corrected chi connectivity index (χ0v) is 8.91. The lowest BCUT2D eigenvalue weighted by molar-refractivity contribution is 0.336. The Balaban J connectivity index is 2.10. The topological polar surface area (TPSA) is 15.6 Å². The maximum absolute atomic E-state index is 12.9. The molecule has 0 spiro atoms. The quantitative estimate of drug-likeness (QED) is 0.689. The molecule has 0 amide bonds. The van der Waals surface area contributed by atoms with Gasteiger partial charge in [0.25, 0.3) is 0 Å². The summed E-state index contributed by atoms with van der Waals surface area (Å²) < 4.78 is 12.9. The highest BCUT2D eigenvalue weighted by molar-refractivity contribution is 5.87. The van der Waals surface area contributed by atoms with E-state index < -0.39 is 0 Å². The van der Waals surface area contributed by atoms with Crippen molar-refractivity contribution in [1.82, 2.24) is 4.90 Å². The van der Waals surface area contributed by atoms with Gasteiger partial charge in [-0.3, -0.25) is 4.99 Å². The Morgan fingerprint density at radius 1 is 1.27 bits per heavy atom. The first-order valence-electron chi connectivity index (χ1n) is 5.24. The molecule has 0 radical (unpaired) electrons. The smallest absolute Gasteiger partial charge is 0.125 e. The minimum atomic E-state index is -0.218. The van der Waals surface area contributed by atoms with Crippen molar-refractivity contribution in [2.45, 2.75) is 12.8 Å². The highest BCUT2D eigenvalue weighted by atomic mass is 19.1. The fraction of sp³-hybridized carbons (Fsp3) is 0.417. The van der Waals surface area contributed by atoms with Gasteiger partial charge in [0, 0.05) is 18.8 Å². The van der Waals surface area contributed by atoms with Gasteiger partial charge in [0.15, 0.2) is 0 Å². The van der Waals surface area contributed by atoms with Crippen LogP contribution in [0, 0.1) is 5.82 Å². The van der Waals surface area contributed by atoms with Gasteiger partial charge in [-0.1, -0.05) is 6.07 Å². The van der Waals surface area contributed by atoms with Crippen molar-refractivity contribution in [1.29, 1.82) is 0 Å². The van der Waals surface area contributed by atoms with E-state index in [4.69, 9.17) is 0 Å². The second-order valence-electron chi connectivity index (χ2n) is 3.96. The van der Waals surface area contributed by atoms with Crippen LogP contribution in [-0.2, 0) is 0 Å². The molecule has 1 aliphatic heterocycles. The standard InChI is InChI=1S/C12H15FN2/c1-15-7-5-11(6-8-15)14-12-4-2-3-10(13)9-12/h2-4,9H,5-8H2,1H3. The number of nitrogens with zero attached hydrogens (tertiary/aromatic N) is 2. The van der Waals surface area contributed by atoms with Gasteiger partial charge in [-0.25, -0.2) is 4.39 Å². The normalized spacial score (nSPS) is 17.9. The molecule has 15 heavy (non-hydrogen) atoms. The average Bonchev–Trinajstić information content (AvgIpc) is 2.22. The van der Waals surface area contributed by atoms with Crippen LogP contribution in [0.4, 0.5) is 10.1 Å². The van der Waals surface area contributed by atoms with Gasteiger partial charge in [-0.15, -0.1) is 0 Å². The molecule has 0 aromatic heterocycles. The first kappa shape index (κ1) is 10.3. The molecule has 0 bridgehead atoms. The van der Waals surface area contributed by atoms with E-state index in [2.05, 4.69) is 16.9 Å². The number of hydrogen-bond acceptors (Lipinski definition) is 2. The Morgan fingerprint density at radius 3 is 2.67 bits per heavy atom. The van der Waals surface area contributed by atoms with E-state index in [0.29, 0.717) is 0 Å². The molecule has 0 atom stereocenters. The lowest BCUT2D eigenvalue weighted by atomic mass is 10.1. The summed E-state index contributed by atoms with van der Waals surface area (Å²) in [4.78, 5) is 6.75. The van der Waals surface area contributed by atoms with Crippen LogP contribution in [-0.4, -0.2) is 30.7 Å². The number of rotatable bonds is 1. The summed E-state index contributed by atoms with van der Waals surface area (Å²) in [6, 6.07) is 6.46. The Labute approximate surface area is 89.4 Å². The van der Waals surface area contributed by atoms with Gasteiger partial charge < -0.3 is 4.90 Å². The van der Waals surface area contributed by atoms with Gasteiger partial charge in [-0.05, 0) is 38.1 Å². The van der Waals surface area contributed by atoms with Crippen molar-refractivity contribution >= 4 is 11.4 Å². The van der Waals surface area contributed by atoms with Crippen LogP contribution in [0.15, 0.2) is 29.3 Å². The molecular formula is C12H15FN2. The van der Waals surface area contributed by atoms with Crippen LogP contribution in [0.25, 0.3) is 0 Å². The van der Waals surface area contributed by atoms with Crippen molar-refractivity contribution in [2.75, 3.05) is 20.1 Å². The number of aliphatic imine (C=N–C) groups is 1. The van der Waals surface area contributed by atoms with Crippen LogP contribution >= 0.6 is 0 Å². The Morgan fingerprint density at radius 2 is 2.00 bits per heavy atom. The van der Waals surface area contributed by atoms with Crippen molar-refractivity contribution in [3.05, 3.63) is 30.1 Å². The summed E-state index contributed by atoms with van der Waals surface area (Å²) >= 11 is 0. The second kappa shape index (κ2) is 4.53. The third-order valence-corrected chi connectivity index (χ3v) is 2.66. The van der Waals surface area contributed by atoms with E-state index in [1.54, 1.807) is 6.07 Å². The summed E-state index contributed by atoms with van der Waals surface area (Å²) in [6.45, 7) is 2.10. The maximum atomic E-state index is 12.9. The predicted octanol–water partition coefficient (Wildman–Crippen LogP) is 2.62. The molecule has 0 unspecified atom stereocenters. The highest BCUT2D eigenvalue weighted by Crippen LogP contribution is 2.16. The molecule has 2 rings (SSSR count). The first-order chi connectivity index (χ1) is 7.24. The summed E-state index contributed by atoms with van der Waals surface area (Å²) in [7, 11) is 2.11. The predicted molar refractivity (Wildman–Crippen MR) is 60.2 cm³/mol. The minimum absolute atomic E-state index is 0.218. The monoisotopic (exact) mass is 206 g/mol. The SMILES string of the molecule is CN1CCC(=Nc2cccc(F)c2)CC1. The van der Waals surface area contributed by atoms with Crippen LogP contribution in [0.2, 0.25) is 0 Å². The molecule has 2 nitrogen and oxygen atoms in total. The summed E-state index contributed by atoms with van der Waals surface area (Å²) in [5, 5.41) is 0. The molecule has 1 fully saturated rings. The third kappa shape index (κ3) is 2.86. The van der Waals surface area contributed by atoms with Crippen LogP contribution in [0.5, 0.6) is 0 Å². The zero-order valence-electron chi connectivity index (χ0n) is 8.91. The molecule has 1 aromatic rings. The minimum Gasteiger partial charge on any atom is -0.306 e. The highest BCUT2D eigenvalue weighted by Gasteiger charge is 2.10. The number of likely N-dealkylation sites (tertiary alicyclic amines) is 1. The average molecular weight is 206 g/mol. The maximum Gasteiger partial charge on any atom is 0.125 e. The first-order valence-corrected chi connectivity index (χ1v) is 5.24. The molecule has 0 N–H and O–H groups in total. The number of benzene rings is 1. The van der Waals surface area contributed by atoms with Crippen molar-refractivity contribution in [2.24, 2.45) is 4.99 Å². The van der Waals surface area contributed by atoms with E-state index in [0.717, 1.165) is 31.6 Å². The van der Waals surface area contributed by atoms with Crippen molar-refractivity contribution in [3.63, 3.8) is 0 Å². The molecule has 80 valence electrons. The fourth-order valence-corrected chi connectivity index (χ4v) is 1.72. The van der Waals surface area contributed by atoms with Gasteiger partial charge in [0.1, 0.15) is 5.82 Å². The summed E-state index contributed by atoms with van der Waals surface area (Å²) in [6.07, 6.45) is 1.99. The van der Waals surface area contributed by atoms with Crippen molar-refractivity contribution < 1.29 is 4.39 Å². The molecule has 1 saturated heterocycles. The number of halogens is 1. The van der Waals surface area contributed by atoms with Crippen LogP contribution in [0.3, 0.4) is 0 Å². The molecule has 3 heteroatoms. The molecular weight excluding hydrogens is 191 g/mol. The summed E-state index contributed by atoms with van der Waals surface area (Å²) in [5.41, 5.74) is 1.91. The lowest BCUT2D eigenvalue weighted by Gasteiger charge is -2.22. The van der Waals surface area contributed by atoms with E-state index in [1.165, 1.54) is 17.8 Å². The Bertz CT molecular complexity index is 364. The molecule has 0 aliphatic carbocycles. The molecule has 1 aliphatic rings. The van der Waals surface area contributed by atoms with E-state index >= 15 is 0 Å². The van der Waals surface area contributed by atoms with Crippen LogP contribution in [0.1, 0.15) is 12.8 Å². The molecule has 0 saturated carbocycles. The number of piperidine rings is 1. The van der Waals surface area contributed by atoms with Gasteiger partial charge in [-0.2, -0.15) is 0 Å². The third-order valence-electron chi connectivity index (χ3n) is 2.66. The van der Waals surface area contributed by atoms with Crippen molar-refractivity contribution in [3.8, 4) is 0 Å². The fourth-order valence-electron chi connectivity index (χ4n) is 1.72. The van der Waals surface area contributed by atoms with Gasteiger partial charge in [0.2, 0.25) is 0 Å². The van der Waals surface area contributed by atoms with E-state index in [9.17, 15) is 4.39 Å². The lowest BCUT2D eigenvalue weighted by Crippen LogP contribution is -2.30. The molecule has 1 aromatic carbocycles. The number of hydrogen-bond donors (Lipinski definition) is 0. The van der Waals surface area contributed by atoms with Gasteiger partial charge >= 0.3 is 0 Å². The second-order valence-corrected chi connectivity index (χ2v) is 3.96. The van der Waals surface area contributed by atoms with Crippen LogP contribution < -0.4 is 0 Å². The summed E-state index contributed by atoms with van der Waals surface area (Å²) in [5.74, 6) is -0.218. The van der Waals surface area contributed by atoms with Gasteiger partial charge in [0.05, 0.1) is 5.69 Å². The zero-order chi connectivity index (χ0) is 10.7. The van der Waals surface area contributed by atoms with E-state index in [-0.39, 0.29) is 5.82 Å². The largest absolute Gasteiger partial charge is 0.306 e. The van der Waals surface area contributed by atoms with E-state index in [1.807, 2.05) is 6.07 Å².